The van der Waals surface area contributed by atoms with Crippen LogP contribution in [-0.4, -0.2) is 41.0 Å². The van der Waals surface area contributed by atoms with Crippen molar-refractivity contribution in [2.45, 2.75) is 31.8 Å². The zero-order chi connectivity index (χ0) is 13.9. The second-order valence-corrected chi connectivity index (χ2v) is 6.41. The second kappa shape index (κ2) is 6.03. The highest BCUT2D eigenvalue weighted by Crippen LogP contribution is 2.14. The molecule has 2 N–H and O–H groups in total. The Hall–Kier alpha value is -1.24. The molecular formula is C14H20N4OS. The number of nitrogens with zero attached hydrogens (tertiary/aromatic N) is 2. The van der Waals surface area contributed by atoms with Crippen molar-refractivity contribution in [1.82, 2.24) is 20.2 Å². The Kier molecular flexibility index (Phi) is 4.14. The maximum atomic E-state index is 11.9. The lowest BCUT2D eigenvalue weighted by Gasteiger charge is -2.27. The van der Waals surface area contributed by atoms with E-state index in [9.17, 15) is 4.79 Å². The molecule has 1 unspecified atom stereocenters. The summed E-state index contributed by atoms with van der Waals surface area (Å²) >= 11 is 1.44. The minimum Gasteiger partial charge on any atom is -0.313 e. The van der Waals surface area contributed by atoms with Gasteiger partial charge in [-0.1, -0.05) is 6.42 Å². The van der Waals surface area contributed by atoms with Crippen molar-refractivity contribution in [2.75, 3.05) is 20.1 Å². The first-order valence-electron chi connectivity index (χ1n) is 7.11. The Labute approximate surface area is 122 Å². The standard InChI is InChI=1S/C14H20N4OS/c1-18(8-10-4-2-3-6-15-10)9-12-16-11-5-7-20-13(11)14(19)17-12/h5,7,10,15H,2-4,6,8-9H2,1H3,(H,16,17,19). The quantitative estimate of drug-likeness (QED) is 0.898. The SMILES string of the molecule is CN(Cc1nc2ccsc2c(=O)[nH]1)CC1CCCCN1. The number of rotatable bonds is 4. The number of thiophene rings is 1. The van der Waals surface area contributed by atoms with E-state index in [1.54, 1.807) is 0 Å². The lowest BCUT2D eigenvalue weighted by atomic mass is 10.0. The van der Waals surface area contributed by atoms with Crippen molar-refractivity contribution in [2.24, 2.45) is 0 Å². The van der Waals surface area contributed by atoms with Crippen LogP contribution in [0.4, 0.5) is 0 Å². The Morgan fingerprint density at radius 2 is 2.40 bits per heavy atom. The first kappa shape index (κ1) is 13.7. The molecule has 20 heavy (non-hydrogen) atoms. The van der Waals surface area contributed by atoms with Crippen molar-refractivity contribution in [3.8, 4) is 0 Å². The largest absolute Gasteiger partial charge is 0.313 e. The fourth-order valence-corrected chi connectivity index (χ4v) is 3.50. The summed E-state index contributed by atoms with van der Waals surface area (Å²) in [7, 11) is 2.08. The van der Waals surface area contributed by atoms with Gasteiger partial charge in [0.2, 0.25) is 0 Å². The smallest absolute Gasteiger partial charge is 0.268 e. The van der Waals surface area contributed by atoms with E-state index in [1.165, 1.54) is 30.6 Å². The Balaban J connectivity index is 1.67. The number of aromatic nitrogens is 2. The second-order valence-electron chi connectivity index (χ2n) is 5.49. The van der Waals surface area contributed by atoms with Gasteiger partial charge in [-0.25, -0.2) is 4.98 Å². The summed E-state index contributed by atoms with van der Waals surface area (Å²) in [5.41, 5.74) is 0.780. The van der Waals surface area contributed by atoms with Crippen LogP contribution >= 0.6 is 11.3 Å². The summed E-state index contributed by atoms with van der Waals surface area (Å²) in [5.74, 6) is 0.749. The van der Waals surface area contributed by atoms with E-state index >= 15 is 0 Å². The summed E-state index contributed by atoms with van der Waals surface area (Å²) in [4.78, 5) is 21.5. The van der Waals surface area contributed by atoms with Gasteiger partial charge in [-0.2, -0.15) is 0 Å². The molecule has 1 aliphatic rings. The van der Waals surface area contributed by atoms with Gasteiger partial charge in [-0.05, 0) is 37.9 Å². The monoisotopic (exact) mass is 292 g/mol. The van der Waals surface area contributed by atoms with Crippen LogP contribution in [-0.2, 0) is 6.54 Å². The fourth-order valence-electron chi connectivity index (χ4n) is 2.77. The van der Waals surface area contributed by atoms with Gasteiger partial charge in [0.25, 0.3) is 5.56 Å². The molecule has 6 heteroatoms. The van der Waals surface area contributed by atoms with Gasteiger partial charge in [0.05, 0.1) is 12.1 Å². The van der Waals surface area contributed by atoms with Crippen LogP contribution in [0.25, 0.3) is 10.2 Å². The van der Waals surface area contributed by atoms with Gasteiger partial charge in [-0.3, -0.25) is 9.69 Å². The van der Waals surface area contributed by atoms with E-state index in [4.69, 9.17) is 0 Å². The summed E-state index contributed by atoms with van der Waals surface area (Å²) in [6, 6.07) is 2.46. The molecule has 1 saturated heterocycles. The van der Waals surface area contributed by atoms with Gasteiger partial charge >= 0.3 is 0 Å². The van der Waals surface area contributed by atoms with Gasteiger partial charge in [-0.15, -0.1) is 11.3 Å². The first-order valence-corrected chi connectivity index (χ1v) is 7.98. The van der Waals surface area contributed by atoms with Crippen molar-refractivity contribution in [3.05, 3.63) is 27.6 Å². The molecule has 2 aromatic rings. The van der Waals surface area contributed by atoms with Crippen LogP contribution < -0.4 is 10.9 Å². The summed E-state index contributed by atoms with van der Waals surface area (Å²) in [5, 5.41) is 5.45. The summed E-state index contributed by atoms with van der Waals surface area (Å²) in [6.45, 7) is 2.79. The number of H-pyrrole nitrogens is 1. The summed E-state index contributed by atoms with van der Waals surface area (Å²) < 4.78 is 0.713. The minimum atomic E-state index is -0.0239. The first-order chi connectivity index (χ1) is 9.72. The molecule has 3 rings (SSSR count). The molecule has 3 heterocycles. The number of nitrogens with one attached hydrogen (secondary N) is 2. The maximum absolute atomic E-state index is 11.9. The Morgan fingerprint density at radius 1 is 1.50 bits per heavy atom. The number of piperidine rings is 1. The number of hydrogen-bond donors (Lipinski definition) is 2. The molecule has 2 aromatic heterocycles. The van der Waals surface area contributed by atoms with E-state index in [0.29, 0.717) is 17.3 Å². The third-order valence-electron chi connectivity index (χ3n) is 3.73. The van der Waals surface area contributed by atoms with Crippen molar-refractivity contribution in [3.63, 3.8) is 0 Å². The van der Waals surface area contributed by atoms with E-state index in [1.807, 2.05) is 11.4 Å². The Morgan fingerprint density at radius 3 is 3.20 bits per heavy atom. The van der Waals surface area contributed by atoms with E-state index in [-0.39, 0.29) is 5.56 Å². The molecule has 0 saturated carbocycles. The molecule has 0 spiro atoms. The van der Waals surface area contributed by atoms with Crippen LogP contribution in [0.2, 0.25) is 0 Å². The van der Waals surface area contributed by atoms with Crippen molar-refractivity contribution >= 4 is 21.6 Å². The third kappa shape index (κ3) is 3.08. The molecule has 1 aliphatic heterocycles. The topological polar surface area (TPSA) is 61.0 Å². The predicted octanol–water partition coefficient (Wildman–Crippen LogP) is 1.56. The average molecular weight is 292 g/mol. The van der Waals surface area contributed by atoms with Gasteiger partial charge in [0.15, 0.2) is 0 Å². The Bertz CT molecular complexity index is 629. The highest BCUT2D eigenvalue weighted by Gasteiger charge is 2.15. The zero-order valence-corrected chi connectivity index (χ0v) is 12.5. The predicted molar refractivity (Wildman–Crippen MR) is 82.2 cm³/mol. The fraction of sp³-hybridized carbons (Fsp3) is 0.571. The molecule has 108 valence electrons. The van der Waals surface area contributed by atoms with Crippen LogP contribution in [0.5, 0.6) is 0 Å². The van der Waals surface area contributed by atoms with Crippen molar-refractivity contribution in [1.29, 1.82) is 0 Å². The molecule has 5 nitrogen and oxygen atoms in total. The van der Waals surface area contributed by atoms with Gasteiger partial charge in [0.1, 0.15) is 10.5 Å². The molecule has 0 bridgehead atoms. The van der Waals surface area contributed by atoms with E-state index in [0.717, 1.165) is 24.4 Å². The van der Waals surface area contributed by atoms with Gasteiger partial charge in [0, 0.05) is 12.6 Å². The lowest BCUT2D eigenvalue weighted by Crippen LogP contribution is -2.42. The van der Waals surface area contributed by atoms with Crippen LogP contribution in [0, 0.1) is 0 Å². The van der Waals surface area contributed by atoms with Crippen LogP contribution in [0.1, 0.15) is 25.1 Å². The molecule has 0 aliphatic carbocycles. The molecule has 0 amide bonds. The molecule has 0 radical (unpaired) electrons. The number of fused-ring (bicyclic) bond motifs is 1. The minimum absolute atomic E-state index is 0.0239. The number of likely N-dealkylation sites (N-methyl/N-ethyl adjacent to an activating group) is 1. The third-order valence-corrected chi connectivity index (χ3v) is 4.63. The number of hydrogen-bond acceptors (Lipinski definition) is 5. The molecule has 0 aromatic carbocycles. The molecule has 1 fully saturated rings. The maximum Gasteiger partial charge on any atom is 0.268 e. The van der Waals surface area contributed by atoms with Crippen LogP contribution in [0.15, 0.2) is 16.2 Å². The van der Waals surface area contributed by atoms with Crippen molar-refractivity contribution < 1.29 is 0 Å². The van der Waals surface area contributed by atoms with E-state index in [2.05, 4.69) is 27.2 Å². The lowest BCUT2D eigenvalue weighted by molar-refractivity contribution is 0.252. The highest BCUT2D eigenvalue weighted by molar-refractivity contribution is 7.17. The zero-order valence-electron chi connectivity index (χ0n) is 11.7. The van der Waals surface area contributed by atoms with Gasteiger partial charge < -0.3 is 10.3 Å². The van der Waals surface area contributed by atoms with Crippen LogP contribution in [0.3, 0.4) is 0 Å². The molecular weight excluding hydrogens is 272 g/mol. The normalized spacial score (nSPS) is 19.8. The highest BCUT2D eigenvalue weighted by atomic mass is 32.1. The van der Waals surface area contributed by atoms with E-state index < -0.39 is 0 Å². The average Bonchev–Trinajstić information content (AvgIpc) is 2.88. The molecule has 1 atom stereocenters. The summed E-state index contributed by atoms with van der Waals surface area (Å²) in [6.07, 6.45) is 3.82. The number of aromatic amines is 1.